The third-order valence-electron chi connectivity index (χ3n) is 4.65. The molecule has 0 bridgehead atoms. The van der Waals surface area contributed by atoms with Crippen LogP contribution in [0.5, 0.6) is 0 Å². The normalized spacial score (nSPS) is 28.1. The zero-order chi connectivity index (χ0) is 15.1. The molecule has 2 atom stereocenters. The van der Waals surface area contributed by atoms with E-state index in [4.69, 9.17) is 9.47 Å². The first-order chi connectivity index (χ1) is 9.40. The first-order valence-corrected chi connectivity index (χ1v) is 6.80. The van der Waals surface area contributed by atoms with E-state index in [1.165, 1.54) is 14.2 Å². The Hall–Kier alpha value is -1.65. The van der Waals surface area contributed by atoms with Gasteiger partial charge in [-0.2, -0.15) is 0 Å². The number of rotatable bonds is 2. The maximum Gasteiger partial charge on any atom is 0.324 e. The predicted molar refractivity (Wildman–Crippen MR) is 70.7 cm³/mol. The highest BCUT2D eigenvalue weighted by atomic mass is 16.5. The average Bonchev–Trinajstić information content (AvgIpc) is 2.75. The standard InChI is InChI=1S/C15H20O5/c1-8-5-6-10-11(12(8)16)9(2)7-15(10,13(17)19-3)14(18)20-4/h8,10H,5-7H2,1-4H3/t8-,10-/m1/s1. The monoisotopic (exact) mass is 280 g/mol. The third-order valence-corrected chi connectivity index (χ3v) is 4.65. The largest absolute Gasteiger partial charge is 0.468 e. The van der Waals surface area contributed by atoms with Gasteiger partial charge in [-0.3, -0.25) is 14.4 Å². The number of allylic oxidation sites excluding steroid dienone is 2. The van der Waals surface area contributed by atoms with E-state index >= 15 is 0 Å². The molecule has 0 aromatic carbocycles. The van der Waals surface area contributed by atoms with Crippen molar-refractivity contribution in [3.8, 4) is 0 Å². The molecule has 0 aromatic rings. The molecule has 20 heavy (non-hydrogen) atoms. The van der Waals surface area contributed by atoms with Gasteiger partial charge in [0.15, 0.2) is 11.2 Å². The molecule has 110 valence electrons. The Kier molecular flexibility index (Phi) is 3.71. The van der Waals surface area contributed by atoms with Gasteiger partial charge in [0.05, 0.1) is 14.2 Å². The Balaban J connectivity index is 2.52. The molecule has 0 aliphatic heterocycles. The highest BCUT2D eigenvalue weighted by Crippen LogP contribution is 2.53. The molecule has 0 saturated heterocycles. The molecule has 0 aromatic heterocycles. The van der Waals surface area contributed by atoms with Gasteiger partial charge in [-0.1, -0.05) is 12.5 Å². The molecule has 0 N–H and O–H groups in total. The van der Waals surface area contributed by atoms with Gasteiger partial charge in [0.1, 0.15) is 0 Å². The second-order valence-electron chi connectivity index (χ2n) is 5.72. The molecule has 0 heterocycles. The third kappa shape index (κ3) is 1.79. The van der Waals surface area contributed by atoms with E-state index in [-0.39, 0.29) is 18.1 Å². The molecule has 2 aliphatic carbocycles. The maximum absolute atomic E-state index is 12.4. The molecule has 0 amide bonds. The fourth-order valence-electron chi connectivity index (χ4n) is 3.64. The van der Waals surface area contributed by atoms with Crippen LogP contribution in [0.15, 0.2) is 11.1 Å². The van der Waals surface area contributed by atoms with Crippen LogP contribution < -0.4 is 0 Å². The van der Waals surface area contributed by atoms with Gasteiger partial charge >= 0.3 is 11.9 Å². The summed E-state index contributed by atoms with van der Waals surface area (Å²) in [6, 6.07) is 0. The summed E-state index contributed by atoms with van der Waals surface area (Å²) in [5, 5.41) is 0. The van der Waals surface area contributed by atoms with Crippen molar-refractivity contribution in [1.29, 1.82) is 0 Å². The lowest BCUT2D eigenvalue weighted by Crippen LogP contribution is -2.47. The van der Waals surface area contributed by atoms with Crippen LogP contribution in [0.1, 0.15) is 33.1 Å². The summed E-state index contributed by atoms with van der Waals surface area (Å²) in [6.07, 6.45) is 1.52. The molecule has 0 spiro atoms. The molecule has 2 aliphatic rings. The Morgan fingerprint density at radius 1 is 1.15 bits per heavy atom. The summed E-state index contributed by atoms with van der Waals surface area (Å²) < 4.78 is 9.68. The van der Waals surface area contributed by atoms with Crippen LogP contribution in [-0.2, 0) is 23.9 Å². The fourth-order valence-corrected chi connectivity index (χ4v) is 3.64. The summed E-state index contributed by atoms with van der Waals surface area (Å²) in [4.78, 5) is 36.9. The van der Waals surface area contributed by atoms with E-state index in [9.17, 15) is 14.4 Å². The van der Waals surface area contributed by atoms with Gasteiger partial charge in [0, 0.05) is 11.8 Å². The Morgan fingerprint density at radius 2 is 1.70 bits per heavy atom. The van der Waals surface area contributed by atoms with Crippen molar-refractivity contribution >= 4 is 17.7 Å². The number of Topliss-reactive ketones (excluding diaryl/α,β-unsaturated/α-hetero) is 1. The van der Waals surface area contributed by atoms with E-state index in [2.05, 4.69) is 0 Å². The van der Waals surface area contributed by atoms with Crippen molar-refractivity contribution < 1.29 is 23.9 Å². The maximum atomic E-state index is 12.4. The molecule has 1 fully saturated rings. The Bertz CT molecular complexity index is 486. The topological polar surface area (TPSA) is 69.7 Å². The highest BCUT2D eigenvalue weighted by Gasteiger charge is 2.61. The van der Waals surface area contributed by atoms with Crippen molar-refractivity contribution in [2.75, 3.05) is 14.2 Å². The van der Waals surface area contributed by atoms with E-state index < -0.39 is 23.3 Å². The number of methoxy groups -OCH3 is 2. The van der Waals surface area contributed by atoms with Crippen LogP contribution in [0.3, 0.4) is 0 Å². The van der Waals surface area contributed by atoms with Crippen LogP contribution >= 0.6 is 0 Å². The van der Waals surface area contributed by atoms with Crippen molar-refractivity contribution in [3.63, 3.8) is 0 Å². The summed E-state index contributed by atoms with van der Waals surface area (Å²) in [7, 11) is 2.52. The van der Waals surface area contributed by atoms with Gasteiger partial charge in [0.2, 0.25) is 0 Å². The number of carbonyl (C=O) groups excluding carboxylic acids is 3. The number of esters is 2. The zero-order valence-electron chi connectivity index (χ0n) is 12.3. The SMILES string of the molecule is COC(=O)C1(C(=O)OC)CC(C)=C2C(=O)[C@H](C)CC[C@H]21. The molecule has 0 radical (unpaired) electrons. The minimum Gasteiger partial charge on any atom is -0.468 e. The molecular formula is C15H20O5. The van der Waals surface area contributed by atoms with Crippen LogP contribution in [0.25, 0.3) is 0 Å². The fraction of sp³-hybridized carbons (Fsp3) is 0.667. The number of hydrogen-bond donors (Lipinski definition) is 0. The second kappa shape index (κ2) is 5.04. The van der Waals surface area contributed by atoms with Gasteiger partial charge in [-0.15, -0.1) is 0 Å². The van der Waals surface area contributed by atoms with Gasteiger partial charge in [-0.05, 0) is 31.8 Å². The molecular weight excluding hydrogens is 260 g/mol. The quantitative estimate of drug-likeness (QED) is 0.568. The molecule has 2 rings (SSSR count). The lowest BCUT2D eigenvalue weighted by Gasteiger charge is -2.35. The number of fused-ring (bicyclic) bond motifs is 1. The first kappa shape index (κ1) is 14.8. The molecule has 1 saturated carbocycles. The predicted octanol–water partition coefficient (Wildman–Crippen LogP) is 1.65. The average molecular weight is 280 g/mol. The van der Waals surface area contributed by atoms with Gasteiger partial charge < -0.3 is 9.47 Å². The van der Waals surface area contributed by atoms with Crippen LogP contribution in [-0.4, -0.2) is 31.9 Å². The summed E-state index contributed by atoms with van der Waals surface area (Å²) in [5.74, 6) is -1.63. The summed E-state index contributed by atoms with van der Waals surface area (Å²) in [6.45, 7) is 3.70. The molecule has 5 nitrogen and oxygen atoms in total. The smallest absolute Gasteiger partial charge is 0.324 e. The van der Waals surface area contributed by atoms with Crippen LogP contribution in [0.4, 0.5) is 0 Å². The number of ketones is 1. The second-order valence-corrected chi connectivity index (χ2v) is 5.72. The first-order valence-electron chi connectivity index (χ1n) is 6.80. The zero-order valence-corrected chi connectivity index (χ0v) is 12.3. The van der Waals surface area contributed by atoms with E-state index in [0.717, 1.165) is 5.57 Å². The highest BCUT2D eigenvalue weighted by molar-refractivity contribution is 6.07. The lowest BCUT2D eigenvalue weighted by molar-refractivity contribution is -0.172. The minimum absolute atomic E-state index is 0.0495. The van der Waals surface area contributed by atoms with Crippen molar-refractivity contribution in [2.45, 2.75) is 33.1 Å². The van der Waals surface area contributed by atoms with Gasteiger partial charge in [0.25, 0.3) is 0 Å². The van der Waals surface area contributed by atoms with Gasteiger partial charge in [-0.25, -0.2) is 0 Å². The van der Waals surface area contributed by atoms with Crippen LogP contribution in [0, 0.1) is 17.3 Å². The van der Waals surface area contributed by atoms with Crippen molar-refractivity contribution in [2.24, 2.45) is 17.3 Å². The van der Waals surface area contributed by atoms with E-state index in [1.54, 1.807) is 0 Å². The van der Waals surface area contributed by atoms with Crippen molar-refractivity contribution in [1.82, 2.24) is 0 Å². The molecule has 5 heteroatoms. The van der Waals surface area contributed by atoms with E-state index in [1.807, 2.05) is 13.8 Å². The van der Waals surface area contributed by atoms with E-state index in [0.29, 0.717) is 18.4 Å². The number of carbonyl (C=O) groups is 3. The number of ether oxygens (including phenoxy) is 2. The minimum atomic E-state index is -1.38. The van der Waals surface area contributed by atoms with Crippen molar-refractivity contribution in [3.05, 3.63) is 11.1 Å². The lowest BCUT2D eigenvalue weighted by atomic mass is 9.67. The Labute approximate surface area is 118 Å². The summed E-state index contributed by atoms with van der Waals surface area (Å²) >= 11 is 0. The number of hydrogen-bond acceptors (Lipinski definition) is 5. The summed E-state index contributed by atoms with van der Waals surface area (Å²) in [5.41, 5.74) is 0.0699. The van der Waals surface area contributed by atoms with Crippen LogP contribution in [0.2, 0.25) is 0 Å². The molecule has 0 unspecified atom stereocenters. The Morgan fingerprint density at radius 3 is 2.20 bits per heavy atom.